The van der Waals surface area contributed by atoms with Crippen LogP contribution in [0.1, 0.15) is 76.0 Å². The Hall–Kier alpha value is -6.56. The van der Waals surface area contributed by atoms with Crippen LogP contribution >= 0.6 is 34.8 Å². The van der Waals surface area contributed by atoms with Crippen molar-refractivity contribution in [3.05, 3.63) is 130 Å². The number of carbonyl (C=O) groups excluding carboxylic acids is 1. The lowest BCUT2D eigenvalue weighted by Gasteiger charge is -2.42. The van der Waals surface area contributed by atoms with E-state index in [0.29, 0.717) is 53.8 Å². The number of hydrogen-bond acceptors (Lipinski definition) is 13. The number of piperidine rings is 3. The summed E-state index contributed by atoms with van der Waals surface area (Å²) in [6.45, 7) is 10.4. The molecule has 3 saturated heterocycles. The Morgan fingerprint density at radius 3 is 1.47 bits per heavy atom. The molecule has 4 N–H and O–H groups in total. The maximum atomic E-state index is 12.1. The molecule has 3 fully saturated rings. The first kappa shape index (κ1) is 49.8. The van der Waals surface area contributed by atoms with Gasteiger partial charge in [-0.3, -0.25) is 0 Å². The summed E-state index contributed by atoms with van der Waals surface area (Å²) < 4.78 is 5.39. The summed E-state index contributed by atoms with van der Waals surface area (Å²) >= 11 is 18.3. The lowest BCUT2D eigenvalue weighted by atomic mass is 9.73. The van der Waals surface area contributed by atoms with Crippen LogP contribution in [0, 0.1) is 22.7 Å². The van der Waals surface area contributed by atoms with Gasteiger partial charge in [0.05, 0.1) is 35.6 Å². The molecule has 1 amide bonds. The first-order valence-corrected chi connectivity index (χ1v) is 24.4. The largest absolute Gasteiger partial charge is 0.444 e. The van der Waals surface area contributed by atoms with Gasteiger partial charge >= 0.3 is 6.09 Å². The molecule has 4 aromatic heterocycles. The predicted octanol–water partition coefficient (Wildman–Crippen LogP) is 9.70. The van der Waals surface area contributed by atoms with Gasteiger partial charge in [0, 0.05) is 66.3 Å². The van der Waals surface area contributed by atoms with Crippen molar-refractivity contribution in [2.75, 3.05) is 55.6 Å². The van der Waals surface area contributed by atoms with E-state index in [9.17, 15) is 15.3 Å². The molecular formula is C51H55Cl3N14O2. The molecule has 0 saturated carbocycles. The number of H-pyrrole nitrogens is 2. The number of amides is 1. The van der Waals surface area contributed by atoms with Gasteiger partial charge in [-0.1, -0.05) is 71.2 Å². The second kappa shape index (κ2) is 21.2. The molecule has 0 spiro atoms. The quantitative estimate of drug-likeness (QED) is 0.141. The van der Waals surface area contributed by atoms with Gasteiger partial charge in [0.2, 0.25) is 0 Å². The van der Waals surface area contributed by atoms with Crippen LogP contribution in [-0.2, 0) is 21.0 Å². The predicted molar refractivity (Wildman–Crippen MR) is 273 cm³/mol. The third-order valence-electron chi connectivity index (χ3n) is 13.6. The highest BCUT2D eigenvalue weighted by Gasteiger charge is 2.40. The molecule has 7 aromatic rings. The maximum absolute atomic E-state index is 12.1. The number of aromatic nitrogens is 8. The van der Waals surface area contributed by atoms with Gasteiger partial charge in [0.15, 0.2) is 22.9 Å². The first-order chi connectivity index (χ1) is 33.7. The van der Waals surface area contributed by atoms with E-state index in [2.05, 4.69) is 67.9 Å². The Labute approximate surface area is 422 Å². The fraction of sp³-hybridized carbons (Fsp3) is 0.392. The minimum atomic E-state index is -0.580. The van der Waals surface area contributed by atoms with Crippen molar-refractivity contribution in [2.45, 2.75) is 81.1 Å². The van der Waals surface area contributed by atoms with Crippen molar-refractivity contribution in [2.24, 2.45) is 5.73 Å². The molecule has 3 aliphatic rings. The second-order valence-electron chi connectivity index (χ2n) is 18.9. The first-order valence-electron chi connectivity index (χ1n) is 23.3. The van der Waals surface area contributed by atoms with E-state index in [4.69, 9.17) is 45.3 Å². The van der Waals surface area contributed by atoms with Crippen molar-refractivity contribution in [3.63, 3.8) is 0 Å². The third-order valence-corrected chi connectivity index (χ3v) is 14.3. The number of fused-ring (bicyclic) bond motifs is 2. The maximum Gasteiger partial charge on any atom is 0.410 e. The summed E-state index contributed by atoms with van der Waals surface area (Å²) in [5.41, 5.74) is 10.8. The van der Waals surface area contributed by atoms with E-state index >= 15 is 0 Å². The van der Waals surface area contributed by atoms with Crippen molar-refractivity contribution in [3.8, 4) is 12.1 Å². The summed E-state index contributed by atoms with van der Waals surface area (Å²) in [5, 5.41) is 21.6. The van der Waals surface area contributed by atoms with E-state index in [1.165, 1.54) is 11.9 Å². The number of nitriles is 2. The number of benzene rings is 3. The summed E-state index contributed by atoms with van der Waals surface area (Å²) in [4.78, 5) is 50.1. The van der Waals surface area contributed by atoms with Gasteiger partial charge in [-0.05, 0) is 112 Å². The Kier molecular flexibility index (Phi) is 15.1. The SMILES string of the molecule is CC(C)(C)OC(=O)N1CCC(C#N)(c2cccc(Cl)c2)CC1.N#CC1(c2cccc(Cl)c2)CCN(c2ncnc3nc[nH]c23)CC1.NCC1(c2cccc(Cl)c2)CCN(c2ncnc3nc[nH]c23)CC1. The number of imidazole rings is 2. The Bertz CT molecular complexity index is 3010. The van der Waals surface area contributed by atoms with Crippen LogP contribution in [0.2, 0.25) is 15.1 Å². The molecule has 362 valence electrons. The monoisotopic (exact) mass is 1000 g/mol. The number of halogens is 3. The number of ether oxygens (including phenoxy) is 1. The van der Waals surface area contributed by atoms with Gasteiger partial charge in [-0.2, -0.15) is 10.5 Å². The molecule has 0 bridgehead atoms. The van der Waals surface area contributed by atoms with E-state index < -0.39 is 16.4 Å². The number of carbonyl (C=O) groups is 1. The summed E-state index contributed by atoms with van der Waals surface area (Å²) in [5.74, 6) is 1.75. The fourth-order valence-corrected chi connectivity index (χ4v) is 10.1. The highest BCUT2D eigenvalue weighted by Crippen LogP contribution is 2.40. The molecule has 16 nitrogen and oxygen atoms in total. The standard InChI is InChI=1S/C17H19ClN6.C17H15ClN6.C17H21ClN2O2/c2*18-13-3-1-2-12(8-13)17(9-19)4-6-24(7-5-17)16-14-15(21-10-20-14)22-11-23-16;1-16(2,3)22-15(21)20-9-7-17(12-19,8-10-20)13-5-4-6-14(18)11-13/h1-3,8,10-11H,4-7,9,19H2,(H,20,21,22,23);1-3,8,10-11H,4-7H2,(H,20,21,22,23);4-6,11H,7-10H2,1-3H3. The number of nitrogens with two attached hydrogens (primary N) is 1. The molecule has 0 radical (unpaired) electrons. The van der Waals surface area contributed by atoms with Crippen molar-refractivity contribution >= 4 is 74.9 Å². The van der Waals surface area contributed by atoms with Crippen LogP contribution in [0.4, 0.5) is 16.4 Å². The average molecular weight is 1000 g/mol. The van der Waals surface area contributed by atoms with Gasteiger partial charge in [0.1, 0.15) is 29.3 Å². The number of hydrogen-bond donors (Lipinski definition) is 3. The number of nitrogens with zero attached hydrogens (tertiary/aromatic N) is 11. The van der Waals surface area contributed by atoms with Crippen molar-refractivity contribution in [1.29, 1.82) is 10.5 Å². The van der Waals surface area contributed by atoms with Crippen molar-refractivity contribution < 1.29 is 9.53 Å². The number of nitrogens with one attached hydrogen (secondary N) is 2. The molecule has 7 heterocycles. The molecule has 10 rings (SSSR count). The zero-order valence-corrected chi connectivity index (χ0v) is 41.6. The zero-order valence-electron chi connectivity index (χ0n) is 39.4. The van der Waals surface area contributed by atoms with E-state index in [0.717, 1.165) is 90.7 Å². The van der Waals surface area contributed by atoms with Crippen LogP contribution in [0.3, 0.4) is 0 Å². The van der Waals surface area contributed by atoms with Gasteiger partial charge < -0.3 is 35.1 Å². The number of rotatable bonds is 6. The highest BCUT2D eigenvalue weighted by molar-refractivity contribution is 6.31. The Morgan fingerprint density at radius 2 is 1.06 bits per heavy atom. The van der Waals surface area contributed by atoms with E-state index in [1.54, 1.807) is 29.9 Å². The van der Waals surface area contributed by atoms with Crippen LogP contribution in [0.5, 0.6) is 0 Å². The van der Waals surface area contributed by atoms with Gasteiger partial charge in [0.25, 0.3) is 0 Å². The molecule has 3 aromatic carbocycles. The number of likely N-dealkylation sites (tertiary alicyclic amines) is 1. The molecule has 0 unspecified atom stereocenters. The number of anilines is 2. The van der Waals surface area contributed by atoms with Gasteiger partial charge in [-0.15, -0.1) is 0 Å². The van der Waals surface area contributed by atoms with Crippen LogP contribution in [-0.4, -0.2) is 102 Å². The summed E-state index contributed by atoms with van der Waals surface area (Å²) in [6.07, 6.45) is 10.6. The average Bonchev–Trinajstić information content (AvgIpc) is 4.07. The lowest BCUT2D eigenvalue weighted by molar-refractivity contribution is 0.0185. The third kappa shape index (κ3) is 10.9. The second-order valence-corrected chi connectivity index (χ2v) is 20.3. The normalized spacial score (nSPS) is 17.3. The topological polar surface area (TPSA) is 219 Å². The fourth-order valence-electron chi connectivity index (χ4n) is 9.56. The summed E-state index contributed by atoms with van der Waals surface area (Å²) in [6, 6.07) is 28.1. The van der Waals surface area contributed by atoms with Crippen LogP contribution in [0.15, 0.2) is 98.1 Å². The van der Waals surface area contributed by atoms with Crippen molar-refractivity contribution in [1.82, 2.24) is 44.8 Å². The van der Waals surface area contributed by atoms with E-state index in [-0.39, 0.29) is 11.5 Å². The van der Waals surface area contributed by atoms with Crippen LogP contribution < -0.4 is 15.5 Å². The lowest BCUT2D eigenvalue weighted by Crippen LogP contribution is -2.47. The molecule has 70 heavy (non-hydrogen) atoms. The highest BCUT2D eigenvalue weighted by atomic mass is 35.5. The smallest absolute Gasteiger partial charge is 0.410 e. The van der Waals surface area contributed by atoms with Gasteiger partial charge in [-0.25, -0.2) is 34.7 Å². The van der Waals surface area contributed by atoms with E-state index in [1.807, 2.05) is 81.4 Å². The molecule has 19 heteroatoms. The minimum Gasteiger partial charge on any atom is -0.444 e. The molecule has 0 aliphatic carbocycles. The van der Waals surface area contributed by atoms with Crippen LogP contribution in [0.25, 0.3) is 22.3 Å². The Balaban J connectivity index is 0.000000141. The molecule has 0 atom stereocenters. The molecular weight excluding hydrogens is 947 g/mol. The number of aromatic amines is 2. The zero-order chi connectivity index (χ0) is 49.5. The molecule has 3 aliphatic heterocycles. The minimum absolute atomic E-state index is 0.0263. The Morgan fingerprint density at radius 1 is 0.643 bits per heavy atom. The summed E-state index contributed by atoms with van der Waals surface area (Å²) in [7, 11) is 0.